The molecule has 170 valence electrons. The molecule has 0 atom stereocenters. The molecular formula is C24H31N5O3. The zero-order valence-corrected chi connectivity index (χ0v) is 20.1. The Morgan fingerprint density at radius 2 is 1.91 bits per heavy atom. The molecular weight excluding hydrogens is 406 g/mol. The second kappa shape index (κ2) is 8.68. The molecule has 0 saturated heterocycles. The average Bonchev–Trinajstić information content (AvgIpc) is 3.09. The van der Waals surface area contributed by atoms with Crippen LogP contribution < -0.4 is 4.90 Å². The van der Waals surface area contributed by atoms with Crippen molar-refractivity contribution in [1.82, 2.24) is 19.7 Å². The summed E-state index contributed by atoms with van der Waals surface area (Å²) in [7, 11) is 1.61. The van der Waals surface area contributed by atoms with Crippen LogP contribution in [0, 0.1) is 6.92 Å². The van der Waals surface area contributed by atoms with Gasteiger partial charge in [-0.25, -0.2) is 19.4 Å². The highest BCUT2D eigenvalue weighted by atomic mass is 16.5. The molecule has 0 saturated carbocycles. The lowest BCUT2D eigenvalue weighted by Gasteiger charge is -2.22. The van der Waals surface area contributed by atoms with E-state index >= 15 is 0 Å². The molecule has 0 unspecified atom stereocenters. The second-order valence-corrected chi connectivity index (χ2v) is 9.08. The standard InChI is InChI=1S/C24H31N5O3/c1-9-32-23(31)16-11-10-12-25-20(16)28(8)22(30)17-13-18(14(2)3)26-21-19(17)15(4)27-29(21)24(5,6)7/h10-14H,9H2,1-8H3. The van der Waals surface area contributed by atoms with Gasteiger partial charge in [0.15, 0.2) is 5.65 Å². The molecule has 0 N–H and O–H groups in total. The lowest BCUT2D eigenvalue weighted by Crippen LogP contribution is -2.30. The normalized spacial score (nSPS) is 11.8. The van der Waals surface area contributed by atoms with Gasteiger partial charge in [0.2, 0.25) is 0 Å². The van der Waals surface area contributed by atoms with Crippen molar-refractivity contribution in [3.8, 4) is 0 Å². The number of hydrogen-bond donors (Lipinski definition) is 0. The number of hydrogen-bond acceptors (Lipinski definition) is 6. The number of nitrogens with zero attached hydrogens (tertiary/aromatic N) is 5. The van der Waals surface area contributed by atoms with Crippen LogP contribution >= 0.6 is 0 Å². The number of aromatic nitrogens is 4. The van der Waals surface area contributed by atoms with Crippen molar-refractivity contribution in [3.63, 3.8) is 0 Å². The molecule has 0 spiro atoms. The van der Waals surface area contributed by atoms with Crippen LogP contribution in [0.25, 0.3) is 11.0 Å². The molecule has 1 amide bonds. The summed E-state index contributed by atoms with van der Waals surface area (Å²) in [6, 6.07) is 5.07. The van der Waals surface area contributed by atoms with Gasteiger partial charge >= 0.3 is 5.97 Å². The van der Waals surface area contributed by atoms with Crippen LogP contribution in [0.2, 0.25) is 0 Å². The van der Waals surface area contributed by atoms with Gasteiger partial charge in [0, 0.05) is 18.9 Å². The number of amides is 1. The number of anilines is 1. The number of carbonyl (C=O) groups is 2. The Morgan fingerprint density at radius 3 is 2.50 bits per heavy atom. The topological polar surface area (TPSA) is 90.2 Å². The minimum Gasteiger partial charge on any atom is -0.462 e. The summed E-state index contributed by atoms with van der Waals surface area (Å²) in [4.78, 5) is 36.7. The van der Waals surface area contributed by atoms with Gasteiger partial charge in [0.25, 0.3) is 5.91 Å². The number of pyridine rings is 2. The minimum absolute atomic E-state index is 0.116. The third-order valence-electron chi connectivity index (χ3n) is 5.19. The Morgan fingerprint density at radius 1 is 1.22 bits per heavy atom. The van der Waals surface area contributed by atoms with Gasteiger partial charge in [0.05, 0.1) is 28.8 Å². The SMILES string of the molecule is CCOC(=O)c1cccnc1N(C)C(=O)c1cc(C(C)C)nc2c1c(C)nn2C(C)(C)C. The zero-order valence-electron chi connectivity index (χ0n) is 20.1. The van der Waals surface area contributed by atoms with Crippen molar-refractivity contribution in [1.29, 1.82) is 0 Å². The van der Waals surface area contributed by atoms with E-state index in [1.165, 1.54) is 4.90 Å². The van der Waals surface area contributed by atoms with Gasteiger partial charge in [-0.05, 0) is 58.7 Å². The van der Waals surface area contributed by atoms with Crippen LogP contribution in [0.1, 0.15) is 79.6 Å². The number of carbonyl (C=O) groups excluding carboxylic acids is 2. The fourth-order valence-corrected chi connectivity index (χ4v) is 3.55. The predicted molar refractivity (Wildman–Crippen MR) is 124 cm³/mol. The molecule has 8 heteroatoms. The molecule has 3 aromatic heterocycles. The Labute approximate surface area is 188 Å². The number of aryl methyl sites for hydroxylation is 1. The smallest absolute Gasteiger partial charge is 0.341 e. The van der Waals surface area contributed by atoms with Gasteiger partial charge < -0.3 is 4.74 Å². The summed E-state index contributed by atoms with van der Waals surface area (Å²) in [5, 5.41) is 5.40. The van der Waals surface area contributed by atoms with Crippen LogP contribution in [-0.2, 0) is 10.3 Å². The molecule has 3 aromatic rings. The third kappa shape index (κ3) is 4.22. The van der Waals surface area contributed by atoms with Crippen molar-refractivity contribution in [3.05, 3.63) is 46.9 Å². The molecule has 3 rings (SSSR count). The van der Waals surface area contributed by atoms with Crippen LogP contribution in [0.3, 0.4) is 0 Å². The number of ether oxygens (including phenoxy) is 1. The van der Waals surface area contributed by atoms with E-state index in [4.69, 9.17) is 14.8 Å². The van der Waals surface area contributed by atoms with Crippen molar-refractivity contribution < 1.29 is 14.3 Å². The predicted octanol–water partition coefficient (Wildman–Crippen LogP) is 4.47. The molecule has 0 aromatic carbocycles. The zero-order chi connectivity index (χ0) is 23.8. The molecule has 0 aliphatic rings. The maximum atomic E-state index is 13.7. The van der Waals surface area contributed by atoms with Gasteiger partial charge in [0.1, 0.15) is 11.4 Å². The van der Waals surface area contributed by atoms with Crippen LogP contribution in [-0.4, -0.2) is 45.3 Å². The number of fused-ring (bicyclic) bond motifs is 1. The maximum absolute atomic E-state index is 13.7. The Balaban J connectivity index is 2.21. The summed E-state index contributed by atoms with van der Waals surface area (Å²) >= 11 is 0. The summed E-state index contributed by atoms with van der Waals surface area (Å²) < 4.78 is 7.01. The van der Waals surface area contributed by atoms with Gasteiger partial charge in [-0.2, -0.15) is 5.10 Å². The lowest BCUT2D eigenvalue weighted by molar-refractivity contribution is 0.0527. The van der Waals surface area contributed by atoms with Crippen molar-refractivity contribution in [2.75, 3.05) is 18.6 Å². The maximum Gasteiger partial charge on any atom is 0.341 e. The molecule has 0 radical (unpaired) electrons. The first-order valence-electron chi connectivity index (χ1n) is 10.8. The van der Waals surface area contributed by atoms with E-state index in [-0.39, 0.29) is 35.4 Å². The van der Waals surface area contributed by atoms with Gasteiger partial charge in [-0.3, -0.25) is 9.69 Å². The quantitative estimate of drug-likeness (QED) is 0.547. The fraction of sp³-hybridized carbons (Fsp3) is 0.458. The lowest BCUT2D eigenvalue weighted by atomic mass is 10.0. The van der Waals surface area contributed by atoms with E-state index in [2.05, 4.69) is 25.8 Å². The van der Waals surface area contributed by atoms with Crippen molar-refractivity contribution in [2.45, 2.75) is 59.9 Å². The summed E-state index contributed by atoms with van der Waals surface area (Å²) in [5.41, 5.74) is 2.60. The summed E-state index contributed by atoms with van der Waals surface area (Å²) in [6.45, 7) is 14.1. The Bertz CT molecular complexity index is 1170. The van der Waals surface area contributed by atoms with E-state index in [9.17, 15) is 9.59 Å². The second-order valence-electron chi connectivity index (χ2n) is 9.08. The molecule has 0 fully saturated rings. The van der Waals surface area contributed by atoms with E-state index in [0.29, 0.717) is 16.6 Å². The molecule has 0 aliphatic carbocycles. The molecule has 32 heavy (non-hydrogen) atoms. The van der Waals surface area contributed by atoms with Crippen molar-refractivity contribution >= 4 is 28.7 Å². The van der Waals surface area contributed by atoms with E-state index < -0.39 is 5.97 Å². The molecule has 8 nitrogen and oxygen atoms in total. The monoisotopic (exact) mass is 437 g/mol. The van der Waals surface area contributed by atoms with Gasteiger partial charge in [-0.1, -0.05) is 13.8 Å². The highest BCUT2D eigenvalue weighted by Gasteiger charge is 2.28. The molecule has 0 bridgehead atoms. The largest absolute Gasteiger partial charge is 0.462 e. The average molecular weight is 438 g/mol. The molecule has 0 aliphatic heterocycles. The summed E-state index contributed by atoms with van der Waals surface area (Å²) in [6.07, 6.45) is 1.55. The van der Waals surface area contributed by atoms with Crippen molar-refractivity contribution in [2.24, 2.45) is 0 Å². The first kappa shape index (κ1) is 23.4. The first-order valence-corrected chi connectivity index (χ1v) is 10.8. The van der Waals surface area contributed by atoms with Crippen LogP contribution in [0.15, 0.2) is 24.4 Å². The fourth-order valence-electron chi connectivity index (χ4n) is 3.55. The van der Waals surface area contributed by atoms with Crippen LogP contribution in [0.5, 0.6) is 0 Å². The van der Waals surface area contributed by atoms with Crippen LogP contribution in [0.4, 0.5) is 5.82 Å². The highest BCUT2D eigenvalue weighted by Crippen LogP contribution is 2.30. The summed E-state index contributed by atoms with van der Waals surface area (Å²) in [5.74, 6) is -0.451. The van der Waals surface area contributed by atoms with Gasteiger partial charge in [-0.15, -0.1) is 0 Å². The minimum atomic E-state index is -0.519. The first-order chi connectivity index (χ1) is 15.0. The van der Waals surface area contributed by atoms with E-state index in [1.807, 2.05) is 31.5 Å². The molecule has 3 heterocycles. The van der Waals surface area contributed by atoms with E-state index in [1.54, 1.807) is 32.3 Å². The highest BCUT2D eigenvalue weighted by molar-refractivity contribution is 6.14. The Kier molecular flexibility index (Phi) is 6.34. The number of esters is 1. The number of rotatable bonds is 5. The Hall–Kier alpha value is -3.29. The van der Waals surface area contributed by atoms with E-state index in [0.717, 1.165) is 11.4 Å². The third-order valence-corrected chi connectivity index (χ3v) is 5.19.